The standard InChI is InChI=1S/C23H25N3O3/c1-16-8-7-9-17(2)22(16)25-23(28)18(3)29-21(27)13-12-19-14-24-26(15-19)20-10-5-4-6-11-20/h4-11,14-15,18H,12-13H2,1-3H3,(H,25,28). The van der Waals surface area contributed by atoms with Crippen molar-refractivity contribution in [3.8, 4) is 5.69 Å². The van der Waals surface area contributed by atoms with Crippen molar-refractivity contribution < 1.29 is 14.3 Å². The van der Waals surface area contributed by atoms with E-state index in [0.29, 0.717) is 6.42 Å². The lowest BCUT2D eigenvalue weighted by Crippen LogP contribution is -2.30. The highest BCUT2D eigenvalue weighted by atomic mass is 16.5. The lowest BCUT2D eigenvalue weighted by Gasteiger charge is -2.16. The first-order chi connectivity index (χ1) is 13.9. The van der Waals surface area contributed by atoms with Crippen LogP contribution in [0.25, 0.3) is 5.69 Å². The average Bonchev–Trinajstić information content (AvgIpc) is 3.19. The number of esters is 1. The molecule has 0 fully saturated rings. The number of nitrogens with one attached hydrogen (secondary N) is 1. The summed E-state index contributed by atoms with van der Waals surface area (Å²) in [5.41, 5.74) is 4.57. The summed E-state index contributed by atoms with van der Waals surface area (Å²) >= 11 is 0. The minimum atomic E-state index is -0.867. The topological polar surface area (TPSA) is 73.2 Å². The fourth-order valence-corrected chi connectivity index (χ4v) is 3.00. The van der Waals surface area contributed by atoms with Gasteiger partial charge in [-0.25, -0.2) is 4.68 Å². The quantitative estimate of drug-likeness (QED) is 0.618. The Balaban J connectivity index is 1.50. The largest absolute Gasteiger partial charge is 0.453 e. The van der Waals surface area contributed by atoms with Gasteiger partial charge in [-0.2, -0.15) is 5.10 Å². The third-order valence-corrected chi connectivity index (χ3v) is 4.68. The predicted octanol–water partition coefficient (Wildman–Crippen LogP) is 3.99. The van der Waals surface area contributed by atoms with Gasteiger partial charge >= 0.3 is 5.97 Å². The summed E-state index contributed by atoms with van der Waals surface area (Å²) in [4.78, 5) is 24.6. The lowest BCUT2D eigenvalue weighted by molar-refractivity contribution is -0.153. The summed E-state index contributed by atoms with van der Waals surface area (Å²) in [6.07, 6.45) is 3.43. The molecule has 3 aromatic rings. The van der Waals surface area contributed by atoms with Gasteiger partial charge < -0.3 is 10.1 Å². The molecule has 0 aliphatic carbocycles. The minimum Gasteiger partial charge on any atom is -0.453 e. The number of hydrogen-bond donors (Lipinski definition) is 1. The molecule has 0 saturated heterocycles. The molecule has 0 spiro atoms. The zero-order valence-corrected chi connectivity index (χ0v) is 16.9. The van der Waals surface area contributed by atoms with Gasteiger partial charge in [0.05, 0.1) is 11.9 Å². The van der Waals surface area contributed by atoms with Crippen LogP contribution in [0, 0.1) is 13.8 Å². The van der Waals surface area contributed by atoms with E-state index in [9.17, 15) is 9.59 Å². The highest BCUT2D eigenvalue weighted by Crippen LogP contribution is 2.20. The summed E-state index contributed by atoms with van der Waals surface area (Å²) in [5, 5.41) is 7.17. The number of carbonyl (C=O) groups is 2. The van der Waals surface area contributed by atoms with Crippen molar-refractivity contribution in [2.45, 2.75) is 39.7 Å². The Morgan fingerprint density at radius 1 is 1.07 bits per heavy atom. The number of anilines is 1. The second-order valence-electron chi connectivity index (χ2n) is 7.02. The molecule has 1 amide bonds. The van der Waals surface area contributed by atoms with E-state index in [1.807, 2.05) is 68.6 Å². The third-order valence-electron chi connectivity index (χ3n) is 4.68. The van der Waals surface area contributed by atoms with Gasteiger partial charge in [0.2, 0.25) is 0 Å². The van der Waals surface area contributed by atoms with E-state index < -0.39 is 12.1 Å². The molecule has 150 valence electrons. The number of nitrogens with zero attached hydrogens (tertiary/aromatic N) is 2. The first-order valence-corrected chi connectivity index (χ1v) is 9.59. The Morgan fingerprint density at radius 3 is 2.45 bits per heavy atom. The second-order valence-corrected chi connectivity index (χ2v) is 7.02. The normalized spacial score (nSPS) is 11.7. The summed E-state index contributed by atoms with van der Waals surface area (Å²) in [5.74, 6) is -0.755. The number of carbonyl (C=O) groups excluding carboxylic acids is 2. The Hall–Kier alpha value is -3.41. The molecule has 0 radical (unpaired) electrons. The summed E-state index contributed by atoms with van der Waals surface area (Å²) < 4.78 is 7.06. The van der Waals surface area contributed by atoms with Crippen LogP contribution in [0.15, 0.2) is 60.9 Å². The van der Waals surface area contributed by atoms with Gasteiger partial charge in [0.25, 0.3) is 5.91 Å². The van der Waals surface area contributed by atoms with Crippen molar-refractivity contribution in [3.63, 3.8) is 0 Å². The Morgan fingerprint density at radius 2 is 1.76 bits per heavy atom. The number of hydrogen-bond acceptors (Lipinski definition) is 4. The van der Waals surface area contributed by atoms with Crippen molar-refractivity contribution in [3.05, 3.63) is 77.6 Å². The van der Waals surface area contributed by atoms with Crippen LogP contribution in [-0.2, 0) is 20.7 Å². The van der Waals surface area contributed by atoms with E-state index in [-0.39, 0.29) is 12.3 Å². The molecule has 1 aromatic heterocycles. The molecule has 6 heteroatoms. The second kappa shape index (κ2) is 9.19. The molecular weight excluding hydrogens is 366 g/mol. The van der Waals surface area contributed by atoms with E-state index in [0.717, 1.165) is 28.1 Å². The molecule has 0 aliphatic heterocycles. The molecule has 1 unspecified atom stereocenters. The molecule has 1 heterocycles. The Bertz CT molecular complexity index is 975. The number of aromatic nitrogens is 2. The minimum absolute atomic E-state index is 0.182. The molecule has 3 rings (SSSR count). The van der Waals surface area contributed by atoms with Crippen LogP contribution >= 0.6 is 0 Å². The molecule has 1 atom stereocenters. The van der Waals surface area contributed by atoms with E-state index in [4.69, 9.17) is 4.74 Å². The molecule has 6 nitrogen and oxygen atoms in total. The zero-order chi connectivity index (χ0) is 20.8. The fourth-order valence-electron chi connectivity index (χ4n) is 3.00. The maximum atomic E-state index is 12.4. The van der Waals surface area contributed by atoms with Gasteiger partial charge in [-0.1, -0.05) is 36.4 Å². The Kier molecular flexibility index (Phi) is 6.44. The zero-order valence-electron chi connectivity index (χ0n) is 16.9. The van der Waals surface area contributed by atoms with Crippen LogP contribution in [0.1, 0.15) is 30.0 Å². The molecule has 29 heavy (non-hydrogen) atoms. The van der Waals surface area contributed by atoms with Crippen molar-refractivity contribution in [2.75, 3.05) is 5.32 Å². The van der Waals surface area contributed by atoms with Crippen LogP contribution in [0.2, 0.25) is 0 Å². The van der Waals surface area contributed by atoms with Crippen LogP contribution in [-0.4, -0.2) is 27.8 Å². The van der Waals surface area contributed by atoms with E-state index in [1.165, 1.54) is 0 Å². The number of benzene rings is 2. The van der Waals surface area contributed by atoms with Crippen molar-refractivity contribution in [1.29, 1.82) is 0 Å². The summed E-state index contributed by atoms with van der Waals surface area (Å²) in [6, 6.07) is 15.5. The van der Waals surface area contributed by atoms with Crippen LogP contribution in [0.3, 0.4) is 0 Å². The number of rotatable bonds is 7. The third kappa shape index (κ3) is 5.31. The maximum Gasteiger partial charge on any atom is 0.306 e. The van der Waals surface area contributed by atoms with Crippen LogP contribution < -0.4 is 5.32 Å². The molecule has 0 bridgehead atoms. The smallest absolute Gasteiger partial charge is 0.306 e. The lowest BCUT2D eigenvalue weighted by atomic mass is 10.1. The molecular formula is C23H25N3O3. The van der Waals surface area contributed by atoms with E-state index in [2.05, 4.69) is 10.4 Å². The van der Waals surface area contributed by atoms with Gasteiger partial charge in [-0.3, -0.25) is 9.59 Å². The average molecular weight is 391 g/mol. The Labute approximate surface area is 170 Å². The predicted molar refractivity (Wildman–Crippen MR) is 112 cm³/mol. The van der Waals surface area contributed by atoms with Gasteiger partial charge in [0.15, 0.2) is 6.10 Å². The highest BCUT2D eigenvalue weighted by Gasteiger charge is 2.19. The summed E-state index contributed by atoms with van der Waals surface area (Å²) in [6.45, 7) is 5.43. The van der Waals surface area contributed by atoms with Crippen LogP contribution in [0.4, 0.5) is 5.69 Å². The van der Waals surface area contributed by atoms with E-state index in [1.54, 1.807) is 17.8 Å². The SMILES string of the molecule is Cc1cccc(C)c1NC(=O)C(C)OC(=O)CCc1cnn(-c2ccccc2)c1. The fraction of sp³-hybridized carbons (Fsp3) is 0.261. The van der Waals surface area contributed by atoms with Gasteiger partial charge in [0.1, 0.15) is 0 Å². The summed E-state index contributed by atoms with van der Waals surface area (Å²) in [7, 11) is 0. The molecule has 0 saturated carbocycles. The van der Waals surface area contributed by atoms with Crippen molar-refractivity contribution in [1.82, 2.24) is 9.78 Å². The monoisotopic (exact) mass is 391 g/mol. The van der Waals surface area contributed by atoms with Crippen LogP contribution in [0.5, 0.6) is 0 Å². The number of ether oxygens (including phenoxy) is 1. The number of amides is 1. The van der Waals surface area contributed by atoms with Gasteiger partial charge in [0, 0.05) is 18.3 Å². The maximum absolute atomic E-state index is 12.4. The number of para-hydroxylation sites is 2. The molecule has 1 N–H and O–H groups in total. The van der Waals surface area contributed by atoms with E-state index >= 15 is 0 Å². The first kappa shape index (κ1) is 20.3. The van der Waals surface area contributed by atoms with Crippen molar-refractivity contribution >= 4 is 17.6 Å². The number of aryl methyl sites for hydroxylation is 3. The van der Waals surface area contributed by atoms with Crippen molar-refractivity contribution in [2.24, 2.45) is 0 Å². The van der Waals surface area contributed by atoms with Gasteiger partial charge in [-0.05, 0) is 56.0 Å². The highest BCUT2D eigenvalue weighted by molar-refractivity contribution is 5.96. The first-order valence-electron chi connectivity index (χ1n) is 9.59. The molecule has 2 aromatic carbocycles. The molecule has 0 aliphatic rings. The van der Waals surface area contributed by atoms with Gasteiger partial charge in [-0.15, -0.1) is 0 Å².